The predicted molar refractivity (Wildman–Crippen MR) is 91.0 cm³/mol. The normalized spacial score (nSPS) is 26.3. The number of rotatable bonds is 2. The van der Waals surface area contributed by atoms with E-state index in [4.69, 9.17) is 9.72 Å². The molecular formula is C17H25N3OS. The monoisotopic (exact) mass is 319 g/mol. The summed E-state index contributed by atoms with van der Waals surface area (Å²) in [7, 11) is 0. The molecule has 0 aromatic carbocycles. The van der Waals surface area contributed by atoms with Crippen LogP contribution < -0.4 is 4.90 Å². The van der Waals surface area contributed by atoms with E-state index < -0.39 is 0 Å². The molecule has 4 heterocycles. The van der Waals surface area contributed by atoms with Gasteiger partial charge in [0.25, 0.3) is 0 Å². The third kappa shape index (κ3) is 2.63. The standard InChI is InChI=1S/C17H25N3OS/c1-12(2)19-4-5-20-15(9-19)3-6-22-16-7-13(8-18-17(16)20)14-10-21-11-14/h7-8,12,14-15H,3-6,9-11H2,1-2H3/t15-/m1/s1. The van der Waals surface area contributed by atoms with E-state index in [0.717, 1.165) is 26.3 Å². The lowest BCUT2D eigenvalue weighted by Gasteiger charge is -2.43. The van der Waals surface area contributed by atoms with Gasteiger partial charge in [-0.05, 0) is 31.9 Å². The van der Waals surface area contributed by atoms with E-state index in [0.29, 0.717) is 18.0 Å². The summed E-state index contributed by atoms with van der Waals surface area (Å²) in [4.78, 5) is 11.4. The van der Waals surface area contributed by atoms with Crippen molar-refractivity contribution in [2.75, 3.05) is 43.5 Å². The van der Waals surface area contributed by atoms with Gasteiger partial charge in [-0.3, -0.25) is 4.90 Å². The maximum absolute atomic E-state index is 5.33. The van der Waals surface area contributed by atoms with Gasteiger partial charge in [0.15, 0.2) is 0 Å². The molecule has 0 saturated carbocycles. The molecule has 0 radical (unpaired) electrons. The molecule has 0 N–H and O–H groups in total. The molecule has 3 aliphatic rings. The van der Waals surface area contributed by atoms with Crippen LogP contribution in [0.25, 0.3) is 0 Å². The molecule has 0 aliphatic carbocycles. The Morgan fingerprint density at radius 3 is 2.91 bits per heavy atom. The molecule has 22 heavy (non-hydrogen) atoms. The highest BCUT2D eigenvalue weighted by Gasteiger charge is 2.33. The summed E-state index contributed by atoms with van der Waals surface area (Å²) >= 11 is 1.99. The Hall–Kier alpha value is -0.780. The van der Waals surface area contributed by atoms with E-state index in [1.54, 1.807) is 0 Å². The molecule has 0 unspecified atom stereocenters. The van der Waals surface area contributed by atoms with Gasteiger partial charge in [0.05, 0.1) is 18.1 Å². The number of fused-ring (bicyclic) bond motifs is 3. The van der Waals surface area contributed by atoms with E-state index in [1.165, 1.54) is 35.0 Å². The van der Waals surface area contributed by atoms with Crippen molar-refractivity contribution in [3.05, 3.63) is 17.8 Å². The number of nitrogens with zero attached hydrogens (tertiary/aromatic N) is 3. The van der Waals surface area contributed by atoms with Gasteiger partial charge in [0.2, 0.25) is 0 Å². The van der Waals surface area contributed by atoms with Crippen LogP contribution in [0.1, 0.15) is 31.7 Å². The number of ether oxygens (including phenoxy) is 1. The molecule has 4 nitrogen and oxygen atoms in total. The number of pyridine rings is 1. The molecule has 1 atom stereocenters. The molecule has 2 saturated heterocycles. The predicted octanol–water partition coefficient (Wildman–Crippen LogP) is 2.59. The molecule has 4 rings (SSSR count). The van der Waals surface area contributed by atoms with Crippen molar-refractivity contribution in [2.24, 2.45) is 0 Å². The first kappa shape index (κ1) is 14.8. The average Bonchev–Trinajstić information content (AvgIpc) is 2.63. The minimum absolute atomic E-state index is 0.565. The van der Waals surface area contributed by atoms with E-state index in [2.05, 4.69) is 35.9 Å². The number of thioether (sulfide) groups is 1. The Balaban J connectivity index is 1.59. The van der Waals surface area contributed by atoms with Crippen molar-refractivity contribution < 1.29 is 4.74 Å². The highest BCUT2D eigenvalue weighted by Crippen LogP contribution is 2.38. The minimum atomic E-state index is 0.565. The number of hydrogen-bond acceptors (Lipinski definition) is 5. The summed E-state index contributed by atoms with van der Waals surface area (Å²) in [5, 5.41) is 0. The summed E-state index contributed by atoms with van der Waals surface area (Å²) in [6.07, 6.45) is 3.34. The third-order valence-corrected chi connectivity index (χ3v) is 6.24. The van der Waals surface area contributed by atoms with Crippen LogP contribution in [0.2, 0.25) is 0 Å². The SMILES string of the molecule is CC(C)N1CCN2c3ncc(C4COC4)cc3SCC[C@@H]2C1. The number of anilines is 1. The zero-order valence-electron chi connectivity index (χ0n) is 13.5. The van der Waals surface area contributed by atoms with Crippen molar-refractivity contribution in [3.63, 3.8) is 0 Å². The fourth-order valence-electron chi connectivity index (χ4n) is 3.61. The Morgan fingerprint density at radius 2 is 2.18 bits per heavy atom. The van der Waals surface area contributed by atoms with Gasteiger partial charge in [0.1, 0.15) is 5.82 Å². The van der Waals surface area contributed by atoms with E-state index in [9.17, 15) is 0 Å². The van der Waals surface area contributed by atoms with E-state index >= 15 is 0 Å². The van der Waals surface area contributed by atoms with E-state index in [1.807, 2.05) is 11.8 Å². The smallest absolute Gasteiger partial charge is 0.142 e. The van der Waals surface area contributed by atoms with Gasteiger partial charge >= 0.3 is 0 Å². The average molecular weight is 319 g/mol. The second-order valence-corrected chi connectivity index (χ2v) is 8.03. The second-order valence-electron chi connectivity index (χ2n) is 6.90. The lowest BCUT2D eigenvalue weighted by Crippen LogP contribution is -2.55. The molecule has 1 aromatic heterocycles. The maximum atomic E-state index is 5.33. The van der Waals surface area contributed by atoms with Gasteiger partial charge in [0, 0.05) is 49.6 Å². The number of piperazine rings is 1. The molecule has 0 bridgehead atoms. The molecular weight excluding hydrogens is 294 g/mol. The maximum Gasteiger partial charge on any atom is 0.142 e. The summed E-state index contributed by atoms with van der Waals surface area (Å²) < 4.78 is 5.33. The molecule has 120 valence electrons. The van der Waals surface area contributed by atoms with Gasteiger partial charge in [-0.15, -0.1) is 11.8 Å². The highest BCUT2D eigenvalue weighted by molar-refractivity contribution is 7.99. The highest BCUT2D eigenvalue weighted by atomic mass is 32.2. The largest absolute Gasteiger partial charge is 0.380 e. The van der Waals surface area contributed by atoms with Gasteiger partial charge in [-0.2, -0.15) is 0 Å². The fraction of sp³-hybridized carbons (Fsp3) is 0.706. The molecule has 0 amide bonds. The number of hydrogen-bond donors (Lipinski definition) is 0. The fourth-order valence-corrected chi connectivity index (χ4v) is 4.73. The zero-order chi connectivity index (χ0) is 15.1. The van der Waals surface area contributed by atoms with Crippen LogP contribution in [0, 0.1) is 0 Å². The number of aromatic nitrogens is 1. The first-order valence-corrected chi connectivity index (χ1v) is 9.42. The molecule has 5 heteroatoms. The van der Waals surface area contributed by atoms with Crippen LogP contribution in [-0.2, 0) is 4.74 Å². The second kappa shape index (κ2) is 6.02. The minimum Gasteiger partial charge on any atom is -0.380 e. The van der Waals surface area contributed by atoms with Gasteiger partial charge in [-0.25, -0.2) is 4.98 Å². The van der Waals surface area contributed by atoms with Crippen molar-refractivity contribution in [3.8, 4) is 0 Å². The Kier molecular flexibility index (Phi) is 4.05. The topological polar surface area (TPSA) is 28.6 Å². The summed E-state index contributed by atoms with van der Waals surface area (Å²) in [6.45, 7) is 9.77. The molecule has 0 spiro atoms. The van der Waals surface area contributed by atoms with Crippen LogP contribution in [0.4, 0.5) is 5.82 Å². The Bertz CT molecular complexity index is 547. The quantitative estimate of drug-likeness (QED) is 0.836. The summed E-state index contributed by atoms with van der Waals surface area (Å²) in [6, 6.07) is 3.64. The first-order chi connectivity index (χ1) is 10.7. The van der Waals surface area contributed by atoms with Gasteiger partial charge < -0.3 is 9.64 Å². The van der Waals surface area contributed by atoms with Crippen LogP contribution in [0.5, 0.6) is 0 Å². The first-order valence-electron chi connectivity index (χ1n) is 8.43. The van der Waals surface area contributed by atoms with Crippen molar-refractivity contribution in [1.29, 1.82) is 0 Å². The van der Waals surface area contributed by atoms with Crippen molar-refractivity contribution >= 4 is 17.6 Å². The van der Waals surface area contributed by atoms with Crippen LogP contribution in [-0.4, -0.2) is 60.6 Å². The lowest BCUT2D eigenvalue weighted by molar-refractivity contribution is 0.00821. The summed E-state index contributed by atoms with van der Waals surface area (Å²) in [5.74, 6) is 2.99. The van der Waals surface area contributed by atoms with Crippen molar-refractivity contribution in [2.45, 2.75) is 43.2 Å². The molecule has 3 aliphatic heterocycles. The van der Waals surface area contributed by atoms with Crippen LogP contribution in [0.3, 0.4) is 0 Å². The molecule has 2 fully saturated rings. The lowest BCUT2D eigenvalue weighted by atomic mass is 9.99. The summed E-state index contributed by atoms with van der Waals surface area (Å²) in [5.41, 5.74) is 1.36. The zero-order valence-corrected chi connectivity index (χ0v) is 14.3. The molecule has 1 aromatic rings. The van der Waals surface area contributed by atoms with Crippen LogP contribution in [0.15, 0.2) is 17.2 Å². The Morgan fingerprint density at radius 1 is 1.32 bits per heavy atom. The Labute approximate surface area is 137 Å². The van der Waals surface area contributed by atoms with E-state index in [-0.39, 0.29) is 0 Å². The third-order valence-electron chi connectivity index (χ3n) is 5.19. The van der Waals surface area contributed by atoms with Gasteiger partial charge in [-0.1, -0.05) is 0 Å². The van der Waals surface area contributed by atoms with Crippen molar-refractivity contribution in [1.82, 2.24) is 9.88 Å². The van der Waals surface area contributed by atoms with Crippen LogP contribution >= 0.6 is 11.8 Å².